The second kappa shape index (κ2) is 8.53. The van der Waals surface area contributed by atoms with E-state index in [0.717, 1.165) is 4.47 Å². The van der Waals surface area contributed by atoms with Crippen molar-refractivity contribution in [3.8, 4) is 0 Å². The van der Waals surface area contributed by atoms with Crippen LogP contribution in [0, 0.1) is 0 Å². The zero-order valence-electron chi connectivity index (χ0n) is 16.1. The summed E-state index contributed by atoms with van der Waals surface area (Å²) < 4.78 is 6.19. The first-order valence-electron chi connectivity index (χ1n) is 8.68. The van der Waals surface area contributed by atoms with Crippen molar-refractivity contribution in [2.24, 2.45) is 0 Å². The van der Waals surface area contributed by atoms with Crippen LogP contribution in [0.1, 0.15) is 44.9 Å². The number of carboxylic acids is 1. The number of alkyl carbamates (subject to hydrolysis) is 1. The zero-order chi connectivity index (χ0) is 21.1. The minimum absolute atomic E-state index is 0.514. The number of amides is 1. The number of nitrogens with one attached hydrogen (secondary N) is 1. The Labute approximate surface area is 178 Å². The van der Waals surface area contributed by atoms with Crippen LogP contribution in [-0.2, 0) is 14.9 Å². The van der Waals surface area contributed by atoms with Gasteiger partial charge in [0.2, 0.25) is 0 Å². The second-order valence-corrected chi connectivity index (χ2v) is 9.00. The normalized spacial score (nSPS) is 14.6. The summed E-state index contributed by atoms with van der Waals surface area (Å²) in [6.45, 7) is 6.81. The first-order valence-corrected chi connectivity index (χ1v) is 9.85. The molecule has 2 atom stereocenters. The van der Waals surface area contributed by atoms with Crippen molar-refractivity contribution in [2.75, 3.05) is 0 Å². The maximum Gasteiger partial charge on any atom is 0.408 e. The summed E-state index contributed by atoms with van der Waals surface area (Å²) in [7, 11) is 0. The first-order chi connectivity index (χ1) is 12.9. The van der Waals surface area contributed by atoms with Crippen LogP contribution in [0.3, 0.4) is 0 Å². The van der Waals surface area contributed by atoms with Gasteiger partial charge in [-0.2, -0.15) is 0 Å². The maximum atomic E-state index is 12.5. The lowest BCUT2D eigenvalue weighted by Crippen LogP contribution is -2.48. The molecule has 0 saturated carbocycles. The largest absolute Gasteiger partial charge is 0.481 e. The predicted octanol–water partition coefficient (Wildman–Crippen LogP) is 5.71. The molecule has 2 rings (SSSR count). The summed E-state index contributed by atoms with van der Waals surface area (Å²) in [5, 5.41) is 13.4. The third kappa shape index (κ3) is 5.26. The molecule has 7 heteroatoms. The van der Waals surface area contributed by atoms with Crippen LogP contribution in [0.2, 0.25) is 5.02 Å². The molecule has 0 aliphatic carbocycles. The number of carbonyl (C=O) groups is 2. The van der Waals surface area contributed by atoms with E-state index in [4.69, 9.17) is 16.3 Å². The molecule has 0 bridgehead atoms. The van der Waals surface area contributed by atoms with Crippen molar-refractivity contribution in [1.82, 2.24) is 5.32 Å². The SMILES string of the molecule is CC(C)(C)OC(=O)N[C@H](c1ccc(Cl)cc1)[C@@](C)(C(=O)O)c1ccc(Br)cc1. The molecule has 150 valence electrons. The van der Waals surface area contributed by atoms with Crippen LogP contribution in [-0.4, -0.2) is 22.8 Å². The van der Waals surface area contributed by atoms with Gasteiger partial charge in [-0.1, -0.05) is 51.8 Å². The van der Waals surface area contributed by atoms with Gasteiger partial charge in [0.25, 0.3) is 0 Å². The third-order valence-electron chi connectivity index (χ3n) is 4.33. The van der Waals surface area contributed by atoms with Gasteiger partial charge in [-0.15, -0.1) is 0 Å². The number of halogens is 2. The summed E-state index contributed by atoms with van der Waals surface area (Å²) >= 11 is 9.35. The summed E-state index contributed by atoms with van der Waals surface area (Å²) in [6, 6.07) is 12.8. The lowest BCUT2D eigenvalue weighted by atomic mass is 9.73. The number of benzene rings is 2. The number of aliphatic carboxylic acids is 1. The molecule has 2 aromatic rings. The molecule has 28 heavy (non-hydrogen) atoms. The number of hydrogen-bond donors (Lipinski definition) is 2. The molecular weight excluding hydrogens is 446 g/mol. The highest BCUT2D eigenvalue weighted by atomic mass is 79.9. The van der Waals surface area contributed by atoms with E-state index < -0.39 is 29.1 Å². The Morgan fingerprint density at radius 3 is 2.04 bits per heavy atom. The molecule has 0 fully saturated rings. The van der Waals surface area contributed by atoms with Gasteiger partial charge >= 0.3 is 12.1 Å². The van der Waals surface area contributed by atoms with E-state index in [0.29, 0.717) is 16.1 Å². The summed E-state index contributed by atoms with van der Waals surface area (Å²) in [6.07, 6.45) is -0.697. The van der Waals surface area contributed by atoms with Crippen molar-refractivity contribution in [2.45, 2.75) is 44.8 Å². The molecule has 0 spiro atoms. The van der Waals surface area contributed by atoms with Gasteiger partial charge in [0.1, 0.15) is 11.0 Å². The number of hydrogen-bond acceptors (Lipinski definition) is 3. The van der Waals surface area contributed by atoms with Crippen LogP contribution in [0.5, 0.6) is 0 Å². The molecule has 0 aliphatic heterocycles. The van der Waals surface area contributed by atoms with E-state index in [1.165, 1.54) is 0 Å². The fourth-order valence-electron chi connectivity index (χ4n) is 2.85. The molecule has 0 heterocycles. The Hall–Kier alpha value is -2.05. The van der Waals surface area contributed by atoms with Crippen molar-refractivity contribution in [3.63, 3.8) is 0 Å². The minimum Gasteiger partial charge on any atom is -0.481 e. The Morgan fingerprint density at radius 1 is 1.04 bits per heavy atom. The maximum absolute atomic E-state index is 12.5. The molecule has 0 saturated heterocycles. The monoisotopic (exact) mass is 467 g/mol. The van der Waals surface area contributed by atoms with Crippen LogP contribution < -0.4 is 5.32 Å². The Balaban J connectivity index is 2.56. The first kappa shape index (κ1) is 22.2. The van der Waals surface area contributed by atoms with E-state index in [-0.39, 0.29) is 0 Å². The molecule has 1 amide bonds. The fourth-order valence-corrected chi connectivity index (χ4v) is 3.24. The minimum atomic E-state index is -1.45. The van der Waals surface area contributed by atoms with Gasteiger partial charge in [-0.3, -0.25) is 4.79 Å². The van der Waals surface area contributed by atoms with E-state index in [2.05, 4.69) is 21.2 Å². The van der Waals surface area contributed by atoms with Gasteiger partial charge in [0.05, 0.1) is 6.04 Å². The molecule has 0 radical (unpaired) electrons. The molecule has 2 N–H and O–H groups in total. The van der Waals surface area contributed by atoms with Gasteiger partial charge in [0.15, 0.2) is 0 Å². The van der Waals surface area contributed by atoms with Crippen LogP contribution in [0.4, 0.5) is 4.79 Å². The predicted molar refractivity (Wildman–Crippen MR) is 113 cm³/mol. The summed E-state index contributed by atoms with van der Waals surface area (Å²) in [4.78, 5) is 24.9. The van der Waals surface area contributed by atoms with Gasteiger partial charge in [-0.05, 0) is 63.1 Å². The number of ether oxygens (including phenoxy) is 1. The highest BCUT2D eigenvalue weighted by molar-refractivity contribution is 9.10. The van der Waals surface area contributed by atoms with Crippen LogP contribution in [0.15, 0.2) is 53.0 Å². The highest BCUT2D eigenvalue weighted by Crippen LogP contribution is 2.39. The molecular formula is C21H23BrClNO4. The lowest BCUT2D eigenvalue weighted by molar-refractivity contribution is -0.144. The molecule has 5 nitrogen and oxygen atoms in total. The van der Waals surface area contributed by atoms with Crippen LogP contribution in [0.25, 0.3) is 0 Å². The van der Waals surface area contributed by atoms with Crippen molar-refractivity contribution in [3.05, 3.63) is 69.2 Å². The van der Waals surface area contributed by atoms with E-state index in [9.17, 15) is 14.7 Å². The molecule has 2 aromatic carbocycles. The lowest BCUT2D eigenvalue weighted by Gasteiger charge is -2.36. The molecule has 0 unspecified atom stereocenters. The number of carbonyl (C=O) groups excluding carboxylic acids is 1. The summed E-state index contributed by atoms with van der Waals surface area (Å²) in [5.74, 6) is -1.08. The van der Waals surface area contributed by atoms with E-state index in [1.54, 1.807) is 76.2 Å². The van der Waals surface area contributed by atoms with E-state index >= 15 is 0 Å². The quantitative estimate of drug-likeness (QED) is 0.589. The van der Waals surface area contributed by atoms with Crippen molar-refractivity contribution in [1.29, 1.82) is 0 Å². The molecule has 0 aromatic heterocycles. The second-order valence-electron chi connectivity index (χ2n) is 7.65. The molecule has 0 aliphatic rings. The highest BCUT2D eigenvalue weighted by Gasteiger charge is 2.45. The summed E-state index contributed by atoms with van der Waals surface area (Å²) in [5.41, 5.74) is -1.03. The zero-order valence-corrected chi connectivity index (χ0v) is 18.5. The van der Waals surface area contributed by atoms with Crippen molar-refractivity contribution >= 4 is 39.6 Å². The number of rotatable bonds is 5. The van der Waals surface area contributed by atoms with Crippen molar-refractivity contribution < 1.29 is 19.4 Å². The van der Waals surface area contributed by atoms with Crippen LogP contribution >= 0.6 is 27.5 Å². The average Bonchev–Trinajstić information content (AvgIpc) is 2.59. The fraction of sp³-hybridized carbons (Fsp3) is 0.333. The van der Waals surface area contributed by atoms with Gasteiger partial charge in [0, 0.05) is 9.50 Å². The van der Waals surface area contributed by atoms with Gasteiger partial charge in [-0.25, -0.2) is 4.79 Å². The Bertz CT molecular complexity index is 846. The van der Waals surface area contributed by atoms with E-state index in [1.807, 2.05) is 0 Å². The number of carboxylic acid groups (broad SMARTS) is 1. The average molecular weight is 469 g/mol. The standard InChI is InChI=1S/C21H23BrClNO4/c1-20(2,3)28-19(27)24-17(13-5-11-16(23)12-6-13)21(4,18(25)26)14-7-9-15(22)10-8-14/h5-12,17H,1-4H3,(H,24,27)(H,25,26)/t17-,21+/m1/s1. The Kier molecular flexibility index (Phi) is 6.78. The third-order valence-corrected chi connectivity index (χ3v) is 5.11. The van der Waals surface area contributed by atoms with Gasteiger partial charge < -0.3 is 15.2 Å². The smallest absolute Gasteiger partial charge is 0.408 e. The Morgan fingerprint density at radius 2 is 1.57 bits per heavy atom. The topological polar surface area (TPSA) is 75.6 Å².